The van der Waals surface area contributed by atoms with Crippen molar-refractivity contribution in [3.05, 3.63) is 0 Å². The first-order valence-corrected chi connectivity index (χ1v) is 7.95. The van der Waals surface area contributed by atoms with Crippen molar-refractivity contribution < 1.29 is 8.42 Å². The molecule has 2 unspecified atom stereocenters. The number of rotatable bonds is 4. The second-order valence-electron chi connectivity index (χ2n) is 4.66. The zero-order chi connectivity index (χ0) is 12.9. The van der Waals surface area contributed by atoms with Gasteiger partial charge in [-0.15, -0.1) is 0 Å². The molecule has 100 valence electrons. The number of sulfone groups is 1. The van der Waals surface area contributed by atoms with Gasteiger partial charge in [0, 0.05) is 6.04 Å². The standard InChI is InChI=1S/C11H23N3O2S/c1-3-9(2)14-11(12)13-8-10-6-4-5-7-17(10,15)16/h9-10H,3-8H2,1-2H3,(H3,12,13,14). The lowest BCUT2D eigenvalue weighted by Gasteiger charge is -2.21. The normalized spacial score (nSPS) is 26.5. The first-order chi connectivity index (χ1) is 7.95. The van der Waals surface area contributed by atoms with Crippen LogP contribution in [0.1, 0.15) is 39.5 Å². The van der Waals surface area contributed by atoms with Gasteiger partial charge in [0.1, 0.15) is 0 Å². The van der Waals surface area contributed by atoms with Crippen molar-refractivity contribution in [2.45, 2.75) is 50.8 Å². The summed E-state index contributed by atoms with van der Waals surface area (Å²) in [7, 11) is -2.94. The monoisotopic (exact) mass is 261 g/mol. The molecule has 0 aromatic heterocycles. The van der Waals surface area contributed by atoms with E-state index in [1.807, 2.05) is 6.92 Å². The molecule has 0 bridgehead atoms. The van der Waals surface area contributed by atoms with E-state index in [4.69, 9.17) is 5.73 Å². The summed E-state index contributed by atoms with van der Waals surface area (Å²) in [5, 5.41) is 2.69. The summed E-state index contributed by atoms with van der Waals surface area (Å²) in [4.78, 5) is 4.14. The second-order valence-corrected chi connectivity index (χ2v) is 7.06. The predicted octanol–water partition coefficient (Wildman–Crippen LogP) is 0.657. The maximum absolute atomic E-state index is 11.7. The minimum absolute atomic E-state index is 0.265. The highest BCUT2D eigenvalue weighted by Crippen LogP contribution is 2.19. The van der Waals surface area contributed by atoms with Crippen molar-refractivity contribution in [2.75, 3.05) is 12.3 Å². The summed E-state index contributed by atoms with van der Waals surface area (Å²) < 4.78 is 23.5. The molecule has 0 amide bonds. The van der Waals surface area contributed by atoms with Crippen LogP contribution in [0.25, 0.3) is 0 Å². The van der Waals surface area contributed by atoms with E-state index in [9.17, 15) is 8.42 Å². The molecule has 5 nitrogen and oxygen atoms in total. The van der Waals surface area contributed by atoms with Crippen LogP contribution in [0.4, 0.5) is 0 Å². The highest BCUT2D eigenvalue weighted by atomic mass is 32.2. The Kier molecular flexibility index (Phi) is 5.24. The fourth-order valence-corrected chi connectivity index (χ4v) is 3.59. The summed E-state index contributed by atoms with van der Waals surface area (Å²) in [5.74, 6) is 0.645. The molecule has 1 rings (SSSR count). The average Bonchev–Trinajstić information content (AvgIpc) is 2.26. The Hall–Kier alpha value is -0.780. The fourth-order valence-electron chi connectivity index (χ4n) is 1.83. The lowest BCUT2D eigenvalue weighted by atomic mass is 10.2. The molecule has 0 aromatic carbocycles. The summed E-state index contributed by atoms with van der Waals surface area (Å²) in [5.41, 5.74) is 5.70. The van der Waals surface area contributed by atoms with E-state index in [2.05, 4.69) is 17.2 Å². The Bertz CT molecular complexity index is 365. The second kappa shape index (κ2) is 6.23. The number of nitrogens with one attached hydrogen (secondary N) is 1. The van der Waals surface area contributed by atoms with Crippen molar-refractivity contribution in [3.63, 3.8) is 0 Å². The van der Waals surface area contributed by atoms with Gasteiger partial charge in [0.25, 0.3) is 0 Å². The lowest BCUT2D eigenvalue weighted by molar-refractivity contribution is 0.541. The molecule has 0 radical (unpaired) electrons. The number of hydrogen-bond donors (Lipinski definition) is 2. The fraction of sp³-hybridized carbons (Fsp3) is 0.909. The Morgan fingerprint density at radius 3 is 2.82 bits per heavy atom. The van der Waals surface area contributed by atoms with Gasteiger partial charge >= 0.3 is 0 Å². The number of guanidine groups is 1. The Morgan fingerprint density at radius 2 is 2.24 bits per heavy atom. The lowest BCUT2D eigenvalue weighted by Crippen LogP contribution is -2.39. The average molecular weight is 261 g/mol. The third kappa shape index (κ3) is 4.53. The SMILES string of the molecule is CCC(C)NC(N)=NCC1CCCCS1(=O)=O. The minimum Gasteiger partial charge on any atom is -0.370 e. The highest BCUT2D eigenvalue weighted by molar-refractivity contribution is 7.92. The van der Waals surface area contributed by atoms with Crippen molar-refractivity contribution >= 4 is 15.8 Å². The number of nitrogens with zero attached hydrogens (tertiary/aromatic N) is 1. The summed E-state index contributed by atoms with van der Waals surface area (Å²) >= 11 is 0. The number of hydrogen-bond acceptors (Lipinski definition) is 3. The molecule has 6 heteroatoms. The van der Waals surface area contributed by atoms with Crippen molar-refractivity contribution in [3.8, 4) is 0 Å². The third-order valence-electron chi connectivity index (χ3n) is 3.18. The van der Waals surface area contributed by atoms with Gasteiger partial charge in [0.05, 0.1) is 17.5 Å². The summed E-state index contributed by atoms with van der Waals surface area (Å²) in [6.07, 6.45) is 3.42. The van der Waals surface area contributed by atoms with E-state index in [1.54, 1.807) is 0 Å². The molecular weight excluding hydrogens is 238 g/mol. The van der Waals surface area contributed by atoms with Gasteiger partial charge in [-0.05, 0) is 26.2 Å². The van der Waals surface area contributed by atoms with E-state index in [0.29, 0.717) is 18.1 Å². The van der Waals surface area contributed by atoms with Crippen molar-refractivity contribution in [2.24, 2.45) is 10.7 Å². The quantitative estimate of drug-likeness (QED) is 0.575. The van der Waals surface area contributed by atoms with E-state index in [0.717, 1.165) is 19.3 Å². The van der Waals surface area contributed by atoms with E-state index >= 15 is 0 Å². The first-order valence-electron chi connectivity index (χ1n) is 6.23. The van der Waals surface area contributed by atoms with Gasteiger partial charge in [-0.3, -0.25) is 4.99 Å². The van der Waals surface area contributed by atoms with Gasteiger partial charge in [-0.2, -0.15) is 0 Å². The maximum Gasteiger partial charge on any atom is 0.188 e. The van der Waals surface area contributed by atoms with Crippen LogP contribution < -0.4 is 11.1 Å². The van der Waals surface area contributed by atoms with Crippen LogP contribution >= 0.6 is 0 Å². The van der Waals surface area contributed by atoms with Gasteiger partial charge in [-0.1, -0.05) is 13.3 Å². The smallest absolute Gasteiger partial charge is 0.188 e. The first kappa shape index (κ1) is 14.3. The van der Waals surface area contributed by atoms with Gasteiger partial charge in [-0.25, -0.2) is 8.42 Å². The van der Waals surface area contributed by atoms with Crippen LogP contribution in [0.15, 0.2) is 4.99 Å². The molecule has 0 spiro atoms. The molecule has 1 fully saturated rings. The van der Waals surface area contributed by atoms with Crippen LogP contribution in [0.3, 0.4) is 0 Å². The predicted molar refractivity (Wildman–Crippen MR) is 70.8 cm³/mol. The Labute approximate surface area is 104 Å². The van der Waals surface area contributed by atoms with Gasteiger partial charge in [0.2, 0.25) is 0 Å². The van der Waals surface area contributed by atoms with Crippen molar-refractivity contribution in [1.29, 1.82) is 0 Å². The largest absolute Gasteiger partial charge is 0.370 e. The van der Waals surface area contributed by atoms with E-state index in [-0.39, 0.29) is 17.8 Å². The number of nitrogens with two attached hydrogens (primary N) is 1. The molecule has 2 atom stereocenters. The van der Waals surface area contributed by atoms with E-state index in [1.165, 1.54) is 0 Å². The van der Waals surface area contributed by atoms with Crippen LogP contribution in [-0.4, -0.2) is 38.0 Å². The summed E-state index contributed by atoms with van der Waals surface area (Å²) in [6, 6.07) is 0.265. The van der Waals surface area contributed by atoms with Crippen LogP contribution in [0.2, 0.25) is 0 Å². The van der Waals surface area contributed by atoms with E-state index < -0.39 is 9.84 Å². The molecule has 1 aliphatic heterocycles. The van der Waals surface area contributed by atoms with Gasteiger partial charge in [0.15, 0.2) is 15.8 Å². The Balaban J connectivity index is 2.51. The van der Waals surface area contributed by atoms with Crippen LogP contribution in [-0.2, 0) is 9.84 Å². The minimum atomic E-state index is -2.94. The molecule has 0 aromatic rings. The molecule has 3 N–H and O–H groups in total. The molecule has 17 heavy (non-hydrogen) atoms. The molecule has 1 aliphatic rings. The topological polar surface area (TPSA) is 84.5 Å². The zero-order valence-electron chi connectivity index (χ0n) is 10.6. The molecule has 0 saturated carbocycles. The molecule has 1 saturated heterocycles. The maximum atomic E-state index is 11.7. The summed E-state index contributed by atoms with van der Waals surface area (Å²) in [6.45, 7) is 4.36. The zero-order valence-corrected chi connectivity index (χ0v) is 11.5. The molecular formula is C11H23N3O2S. The number of aliphatic imine (C=N–C) groups is 1. The Morgan fingerprint density at radius 1 is 1.53 bits per heavy atom. The van der Waals surface area contributed by atoms with Gasteiger partial charge < -0.3 is 11.1 Å². The molecule has 1 heterocycles. The molecule has 0 aliphatic carbocycles. The third-order valence-corrected chi connectivity index (χ3v) is 5.44. The van der Waals surface area contributed by atoms with Crippen molar-refractivity contribution in [1.82, 2.24) is 5.32 Å². The highest BCUT2D eigenvalue weighted by Gasteiger charge is 2.28. The van der Waals surface area contributed by atoms with Crippen LogP contribution in [0, 0.1) is 0 Å². The van der Waals surface area contributed by atoms with Crippen LogP contribution in [0.5, 0.6) is 0 Å².